The molecule has 1 atom stereocenters. The van der Waals surface area contributed by atoms with Crippen molar-refractivity contribution in [2.24, 2.45) is 12.5 Å². The Labute approximate surface area is 130 Å². The van der Waals surface area contributed by atoms with Gasteiger partial charge in [-0.3, -0.25) is 4.68 Å². The van der Waals surface area contributed by atoms with Crippen LogP contribution in [-0.2, 0) is 13.5 Å². The van der Waals surface area contributed by atoms with Gasteiger partial charge in [0.15, 0.2) is 0 Å². The third-order valence-corrected chi connectivity index (χ3v) is 5.30. The Bertz CT molecular complexity index is 626. The number of aryl methyl sites for hydroxylation is 1. The standard InChI is InChI=1S/C16H24N4S/c1-5-6-17-12-7-16(2,3)8-13-14(12)21-15(19-13)11-9-18-20(4)10-11/h9-10,12,17H,5-8H2,1-4H3. The minimum atomic E-state index is 0.318. The lowest BCUT2D eigenvalue weighted by Gasteiger charge is -2.34. The van der Waals surface area contributed by atoms with Crippen LogP contribution in [0.2, 0.25) is 0 Å². The molecule has 3 rings (SSSR count). The molecular weight excluding hydrogens is 280 g/mol. The molecule has 114 valence electrons. The molecule has 0 bridgehead atoms. The summed E-state index contributed by atoms with van der Waals surface area (Å²) in [5.74, 6) is 0. The number of rotatable bonds is 4. The SMILES string of the molecule is CCCNC1CC(C)(C)Cc2nc(-c3cnn(C)c3)sc21. The Kier molecular flexibility index (Phi) is 3.88. The van der Waals surface area contributed by atoms with Crippen LogP contribution in [0.4, 0.5) is 0 Å². The highest BCUT2D eigenvalue weighted by molar-refractivity contribution is 7.15. The van der Waals surface area contributed by atoms with Crippen molar-refractivity contribution in [2.75, 3.05) is 6.54 Å². The maximum Gasteiger partial charge on any atom is 0.127 e. The van der Waals surface area contributed by atoms with E-state index in [2.05, 4.69) is 31.2 Å². The third kappa shape index (κ3) is 3.04. The molecule has 21 heavy (non-hydrogen) atoms. The van der Waals surface area contributed by atoms with Crippen LogP contribution in [0.25, 0.3) is 10.6 Å². The van der Waals surface area contributed by atoms with Crippen molar-refractivity contribution in [3.05, 3.63) is 23.0 Å². The first-order chi connectivity index (χ1) is 9.98. The molecule has 1 N–H and O–H groups in total. The quantitative estimate of drug-likeness (QED) is 0.939. The van der Waals surface area contributed by atoms with Crippen molar-refractivity contribution in [3.8, 4) is 10.6 Å². The van der Waals surface area contributed by atoms with E-state index in [4.69, 9.17) is 4.98 Å². The zero-order valence-electron chi connectivity index (χ0n) is 13.3. The second-order valence-electron chi connectivity index (χ2n) is 6.78. The molecular formula is C16H24N4S. The van der Waals surface area contributed by atoms with Crippen LogP contribution in [0, 0.1) is 5.41 Å². The first-order valence-corrected chi connectivity index (χ1v) is 8.52. The third-order valence-electron chi connectivity index (χ3n) is 4.04. The maximum absolute atomic E-state index is 4.91. The van der Waals surface area contributed by atoms with Crippen molar-refractivity contribution in [3.63, 3.8) is 0 Å². The largest absolute Gasteiger partial charge is 0.309 e. The highest BCUT2D eigenvalue weighted by Gasteiger charge is 2.34. The molecule has 2 aromatic heterocycles. The van der Waals surface area contributed by atoms with Gasteiger partial charge in [0.25, 0.3) is 0 Å². The van der Waals surface area contributed by atoms with Crippen LogP contribution >= 0.6 is 11.3 Å². The van der Waals surface area contributed by atoms with E-state index in [-0.39, 0.29) is 0 Å². The molecule has 4 nitrogen and oxygen atoms in total. The van der Waals surface area contributed by atoms with Gasteiger partial charge in [0.2, 0.25) is 0 Å². The smallest absolute Gasteiger partial charge is 0.127 e. The minimum Gasteiger partial charge on any atom is -0.309 e. The normalized spacial score (nSPS) is 20.5. The molecule has 0 saturated carbocycles. The highest BCUT2D eigenvalue weighted by Crippen LogP contribution is 2.44. The van der Waals surface area contributed by atoms with Gasteiger partial charge in [-0.1, -0.05) is 20.8 Å². The Morgan fingerprint density at radius 1 is 1.48 bits per heavy atom. The monoisotopic (exact) mass is 304 g/mol. The maximum atomic E-state index is 4.91. The van der Waals surface area contributed by atoms with Gasteiger partial charge in [0, 0.05) is 29.7 Å². The minimum absolute atomic E-state index is 0.318. The number of aromatic nitrogens is 3. The second-order valence-corrected chi connectivity index (χ2v) is 7.82. The number of hydrogen-bond acceptors (Lipinski definition) is 4. The number of fused-ring (bicyclic) bond motifs is 1. The lowest BCUT2D eigenvalue weighted by Crippen LogP contribution is -2.33. The molecule has 0 saturated heterocycles. The lowest BCUT2D eigenvalue weighted by atomic mass is 9.76. The molecule has 5 heteroatoms. The molecule has 2 aromatic rings. The zero-order valence-corrected chi connectivity index (χ0v) is 14.1. The van der Waals surface area contributed by atoms with Crippen molar-refractivity contribution >= 4 is 11.3 Å². The van der Waals surface area contributed by atoms with Gasteiger partial charge in [-0.05, 0) is 31.2 Å². The van der Waals surface area contributed by atoms with E-state index >= 15 is 0 Å². The first kappa shape index (κ1) is 14.7. The van der Waals surface area contributed by atoms with Gasteiger partial charge < -0.3 is 5.32 Å². The lowest BCUT2D eigenvalue weighted by molar-refractivity contribution is 0.258. The fraction of sp³-hybridized carbons (Fsp3) is 0.625. The summed E-state index contributed by atoms with van der Waals surface area (Å²) in [6.45, 7) is 7.98. The number of thiazole rings is 1. The summed E-state index contributed by atoms with van der Waals surface area (Å²) in [5.41, 5.74) is 2.73. The number of nitrogens with zero attached hydrogens (tertiary/aromatic N) is 3. The molecule has 0 radical (unpaired) electrons. The van der Waals surface area contributed by atoms with Crippen LogP contribution in [0.15, 0.2) is 12.4 Å². The molecule has 1 aliphatic rings. The number of nitrogens with one attached hydrogen (secondary N) is 1. The first-order valence-electron chi connectivity index (χ1n) is 7.70. The molecule has 0 spiro atoms. The summed E-state index contributed by atoms with van der Waals surface area (Å²) in [5, 5.41) is 9.07. The summed E-state index contributed by atoms with van der Waals surface area (Å²) in [6.07, 6.45) is 7.38. The van der Waals surface area contributed by atoms with E-state index in [1.807, 2.05) is 35.5 Å². The van der Waals surface area contributed by atoms with Crippen molar-refractivity contribution in [1.82, 2.24) is 20.1 Å². The second kappa shape index (κ2) is 5.54. The highest BCUT2D eigenvalue weighted by atomic mass is 32.1. The zero-order chi connectivity index (χ0) is 15.0. The molecule has 1 aliphatic carbocycles. The van der Waals surface area contributed by atoms with E-state index in [0.717, 1.165) is 23.5 Å². The summed E-state index contributed by atoms with van der Waals surface area (Å²) in [6, 6.07) is 0.451. The van der Waals surface area contributed by atoms with Crippen LogP contribution < -0.4 is 5.32 Å². The Balaban J connectivity index is 1.94. The van der Waals surface area contributed by atoms with Gasteiger partial charge >= 0.3 is 0 Å². The average molecular weight is 304 g/mol. The molecule has 0 aliphatic heterocycles. The van der Waals surface area contributed by atoms with E-state index in [9.17, 15) is 0 Å². The molecule has 0 aromatic carbocycles. The molecule has 0 amide bonds. The predicted octanol–water partition coefficient (Wildman–Crippen LogP) is 3.56. The summed E-state index contributed by atoms with van der Waals surface area (Å²) in [4.78, 5) is 6.35. The van der Waals surface area contributed by atoms with Gasteiger partial charge in [0.05, 0.1) is 11.9 Å². The van der Waals surface area contributed by atoms with E-state index in [1.165, 1.54) is 23.4 Å². The van der Waals surface area contributed by atoms with Crippen molar-refractivity contribution < 1.29 is 0 Å². The fourth-order valence-corrected chi connectivity index (χ4v) is 4.20. The predicted molar refractivity (Wildman–Crippen MR) is 87.5 cm³/mol. The summed E-state index contributed by atoms with van der Waals surface area (Å²) in [7, 11) is 1.95. The number of hydrogen-bond donors (Lipinski definition) is 1. The van der Waals surface area contributed by atoms with Crippen LogP contribution in [0.3, 0.4) is 0 Å². The molecule has 0 fully saturated rings. The molecule has 2 heterocycles. The van der Waals surface area contributed by atoms with E-state index in [1.54, 1.807) is 0 Å². The van der Waals surface area contributed by atoms with Crippen LogP contribution in [0.1, 0.15) is 50.2 Å². The Hall–Kier alpha value is -1.20. The van der Waals surface area contributed by atoms with Gasteiger partial charge in [-0.15, -0.1) is 11.3 Å². The Morgan fingerprint density at radius 3 is 2.95 bits per heavy atom. The summed E-state index contributed by atoms with van der Waals surface area (Å²) < 4.78 is 1.84. The average Bonchev–Trinajstić information content (AvgIpc) is 3.00. The van der Waals surface area contributed by atoms with Gasteiger partial charge in [-0.2, -0.15) is 5.10 Å². The fourth-order valence-electron chi connectivity index (χ4n) is 3.07. The van der Waals surface area contributed by atoms with Crippen molar-refractivity contribution in [2.45, 2.75) is 46.1 Å². The topological polar surface area (TPSA) is 42.7 Å². The van der Waals surface area contributed by atoms with Crippen molar-refractivity contribution in [1.29, 1.82) is 0 Å². The van der Waals surface area contributed by atoms with E-state index < -0.39 is 0 Å². The summed E-state index contributed by atoms with van der Waals surface area (Å²) >= 11 is 1.83. The van der Waals surface area contributed by atoms with E-state index in [0.29, 0.717) is 11.5 Å². The Morgan fingerprint density at radius 2 is 2.29 bits per heavy atom. The molecule has 1 unspecified atom stereocenters. The van der Waals surface area contributed by atoms with Gasteiger partial charge in [0.1, 0.15) is 5.01 Å². The van der Waals surface area contributed by atoms with Gasteiger partial charge in [-0.25, -0.2) is 4.98 Å². The van der Waals surface area contributed by atoms with Crippen LogP contribution in [0.5, 0.6) is 0 Å². The van der Waals surface area contributed by atoms with Crippen LogP contribution in [-0.4, -0.2) is 21.3 Å².